The van der Waals surface area contributed by atoms with Gasteiger partial charge in [0.25, 0.3) is 5.91 Å². The van der Waals surface area contributed by atoms with Crippen LogP contribution in [0.15, 0.2) is 60.8 Å². The maximum atomic E-state index is 13.5. The zero-order valence-corrected chi connectivity index (χ0v) is 25.2. The quantitative estimate of drug-likeness (QED) is 0.198. The monoisotopic (exact) mass is 592 g/mol. The van der Waals surface area contributed by atoms with E-state index in [1.165, 1.54) is 0 Å². The number of carbonyl (C=O) groups excluding carboxylic acids is 3. The van der Waals surface area contributed by atoms with Crippen molar-refractivity contribution >= 4 is 35.1 Å². The average Bonchev–Trinajstić information content (AvgIpc) is 3.50. The van der Waals surface area contributed by atoms with Crippen LogP contribution >= 0.6 is 11.6 Å². The molecule has 0 aliphatic heterocycles. The molecule has 1 aliphatic carbocycles. The van der Waals surface area contributed by atoms with Gasteiger partial charge < -0.3 is 21.3 Å². The number of benzene rings is 2. The van der Waals surface area contributed by atoms with E-state index < -0.39 is 18.0 Å². The summed E-state index contributed by atoms with van der Waals surface area (Å²) in [5, 5.41) is 19.5. The Balaban J connectivity index is 1.33. The van der Waals surface area contributed by atoms with Gasteiger partial charge in [-0.1, -0.05) is 62.6 Å². The number of aromatic nitrogens is 2. The van der Waals surface area contributed by atoms with Crippen LogP contribution in [-0.2, 0) is 16.1 Å². The third-order valence-electron chi connectivity index (χ3n) is 7.65. The van der Waals surface area contributed by atoms with Crippen molar-refractivity contribution in [2.45, 2.75) is 83.5 Å². The minimum Gasteiger partial charge on any atom is -0.366 e. The van der Waals surface area contributed by atoms with E-state index in [2.05, 4.69) is 37.5 Å². The maximum absolute atomic E-state index is 13.5. The molecule has 0 saturated heterocycles. The number of amides is 3. The Morgan fingerprint density at radius 1 is 0.976 bits per heavy atom. The number of halogens is 1. The Labute approximate surface area is 252 Å². The number of nitrogens with zero attached hydrogens (tertiary/aromatic N) is 1. The summed E-state index contributed by atoms with van der Waals surface area (Å²) in [4.78, 5) is 39.5. The van der Waals surface area contributed by atoms with Gasteiger partial charge in [0.2, 0.25) is 11.8 Å². The Morgan fingerprint density at radius 2 is 1.74 bits per heavy atom. The summed E-state index contributed by atoms with van der Waals surface area (Å²) in [7, 11) is 0. The zero-order chi connectivity index (χ0) is 30.1. The lowest BCUT2D eigenvalue weighted by molar-refractivity contribution is -0.130. The van der Waals surface area contributed by atoms with Gasteiger partial charge in [-0.3, -0.25) is 19.5 Å². The number of anilines is 1. The molecular weight excluding hydrogens is 552 g/mol. The van der Waals surface area contributed by atoms with E-state index in [4.69, 9.17) is 11.6 Å². The number of carbonyl (C=O) groups is 3. The molecule has 1 fully saturated rings. The number of hydrogen-bond donors (Lipinski definition) is 5. The van der Waals surface area contributed by atoms with Crippen LogP contribution in [0.3, 0.4) is 0 Å². The molecule has 3 aromatic rings. The van der Waals surface area contributed by atoms with E-state index in [0.29, 0.717) is 23.6 Å². The molecule has 0 bridgehead atoms. The van der Waals surface area contributed by atoms with Crippen molar-refractivity contribution in [2.24, 2.45) is 5.92 Å². The van der Waals surface area contributed by atoms with Crippen molar-refractivity contribution < 1.29 is 14.4 Å². The summed E-state index contributed by atoms with van der Waals surface area (Å²) >= 11 is 6.25. The first kappa shape index (κ1) is 31.1. The molecule has 0 spiro atoms. The molecule has 4 rings (SSSR count). The highest BCUT2D eigenvalue weighted by Gasteiger charge is 2.32. The highest BCUT2D eigenvalue weighted by Crippen LogP contribution is 2.34. The van der Waals surface area contributed by atoms with E-state index in [1.807, 2.05) is 50.2 Å². The minimum atomic E-state index is -0.824. The standard InChI is InChI=1S/C32H41ClN6O3/c1-20(2)17-28(32(42)37-27-10-5-4-9-26(27)24-7-6-8-25(33)18-24)38-30(40)21(3)36-31(41)23-13-11-22(12-14-23)19-34-29-15-16-35-39-29/h6-8,11-16,18,20-21,26-28H,4-5,9-10,17,19H2,1-3H3,(H,36,41)(H,37,42)(H,38,40)(H2,34,35,39)/t21-,26-,27?,28-/m0/s1. The van der Waals surface area contributed by atoms with Crippen molar-refractivity contribution in [1.82, 2.24) is 26.1 Å². The smallest absolute Gasteiger partial charge is 0.251 e. The molecule has 10 heteroatoms. The van der Waals surface area contributed by atoms with Crippen LogP contribution in [0.5, 0.6) is 0 Å². The first-order valence-corrected chi connectivity index (χ1v) is 15.1. The van der Waals surface area contributed by atoms with Crippen molar-refractivity contribution in [3.05, 3.63) is 82.5 Å². The number of hydrogen-bond acceptors (Lipinski definition) is 5. The molecular formula is C32H41ClN6O3. The van der Waals surface area contributed by atoms with Crippen LogP contribution in [0.4, 0.5) is 5.82 Å². The predicted molar refractivity (Wildman–Crippen MR) is 165 cm³/mol. The topological polar surface area (TPSA) is 128 Å². The van der Waals surface area contributed by atoms with Gasteiger partial charge in [0, 0.05) is 29.1 Å². The van der Waals surface area contributed by atoms with Crippen molar-refractivity contribution in [1.29, 1.82) is 0 Å². The van der Waals surface area contributed by atoms with Gasteiger partial charge in [0.15, 0.2) is 0 Å². The third kappa shape index (κ3) is 8.82. The van der Waals surface area contributed by atoms with E-state index >= 15 is 0 Å². The molecule has 1 saturated carbocycles. The van der Waals surface area contributed by atoms with Gasteiger partial charge >= 0.3 is 0 Å². The van der Waals surface area contributed by atoms with Crippen LogP contribution in [0.1, 0.15) is 80.3 Å². The number of nitrogens with one attached hydrogen (secondary N) is 5. The second-order valence-corrected chi connectivity index (χ2v) is 11.9. The van der Waals surface area contributed by atoms with E-state index in [-0.39, 0.29) is 29.7 Å². The fourth-order valence-electron chi connectivity index (χ4n) is 5.39. The second kappa shape index (κ2) is 14.9. The van der Waals surface area contributed by atoms with E-state index in [9.17, 15) is 14.4 Å². The lowest BCUT2D eigenvalue weighted by Crippen LogP contribution is -2.55. The van der Waals surface area contributed by atoms with Crippen LogP contribution in [-0.4, -0.2) is 46.0 Å². The molecule has 1 heterocycles. The fraction of sp³-hybridized carbons (Fsp3) is 0.438. The number of H-pyrrole nitrogens is 1. The largest absolute Gasteiger partial charge is 0.366 e. The summed E-state index contributed by atoms with van der Waals surface area (Å²) in [6.07, 6.45) is 6.12. The maximum Gasteiger partial charge on any atom is 0.251 e. The molecule has 1 unspecified atom stereocenters. The average molecular weight is 593 g/mol. The summed E-state index contributed by atoms with van der Waals surface area (Å²) in [6.45, 7) is 6.22. The molecule has 9 nitrogen and oxygen atoms in total. The summed E-state index contributed by atoms with van der Waals surface area (Å²) < 4.78 is 0. The first-order chi connectivity index (χ1) is 20.2. The highest BCUT2D eigenvalue weighted by molar-refractivity contribution is 6.30. The molecule has 1 aromatic heterocycles. The summed E-state index contributed by atoms with van der Waals surface area (Å²) in [5.41, 5.74) is 2.56. The normalized spacial score (nSPS) is 18.1. The Morgan fingerprint density at radius 3 is 2.43 bits per heavy atom. The van der Waals surface area contributed by atoms with Crippen molar-refractivity contribution in [3.63, 3.8) is 0 Å². The lowest BCUT2D eigenvalue weighted by atomic mass is 9.80. The van der Waals surface area contributed by atoms with Gasteiger partial charge in [-0.15, -0.1) is 0 Å². The molecule has 0 radical (unpaired) electrons. The van der Waals surface area contributed by atoms with E-state index in [0.717, 1.165) is 42.6 Å². The molecule has 224 valence electrons. The number of aromatic amines is 1. The lowest BCUT2D eigenvalue weighted by Gasteiger charge is -2.34. The van der Waals surface area contributed by atoms with Gasteiger partial charge in [-0.05, 0) is 73.6 Å². The zero-order valence-electron chi connectivity index (χ0n) is 24.5. The van der Waals surface area contributed by atoms with Crippen molar-refractivity contribution in [3.8, 4) is 0 Å². The van der Waals surface area contributed by atoms with Gasteiger partial charge in [-0.2, -0.15) is 5.10 Å². The van der Waals surface area contributed by atoms with Gasteiger partial charge in [0.05, 0.1) is 6.20 Å². The first-order valence-electron chi connectivity index (χ1n) is 14.7. The van der Waals surface area contributed by atoms with Crippen LogP contribution in [0.2, 0.25) is 5.02 Å². The highest BCUT2D eigenvalue weighted by atomic mass is 35.5. The molecule has 2 aromatic carbocycles. The van der Waals surface area contributed by atoms with Crippen LogP contribution in [0, 0.1) is 5.92 Å². The molecule has 3 amide bonds. The predicted octanol–water partition coefficient (Wildman–Crippen LogP) is 5.17. The SMILES string of the molecule is CC(C)C[C@H](NC(=O)[C@H](C)NC(=O)c1ccc(CNc2ccn[nH]2)cc1)C(=O)NC1CCCC[C@H]1c1cccc(Cl)c1. The molecule has 4 atom stereocenters. The molecule has 5 N–H and O–H groups in total. The molecule has 42 heavy (non-hydrogen) atoms. The number of rotatable bonds is 12. The van der Waals surface area contributed by atoms with Crippen LogP contribution < -0.4 is 21.3 Å². The summed E-state index contributed by atoms with van der Waals surface area (Å²) in [5.74, 6) is 0.196. The minimum absolute atomic E-state index is 0.0361. The fourth-order valence-corrected chi connectivity index (χ4v) is 5.59. The van der Waals surface area contributed by atoms with Gasteiger partial charge in [-0.25, -0.2) is 0 Å². The Hall–Kier alpha value is -3.85. The third-order valence-corrected chi connectivity index (χ3v) is 7.89. The van der Waals surface area contributed by atoms with Crippen LogP contribution in [0.25, 0.3) is 0 Å². The molecule has 1 aliphatic rings. The van der Waals surface area contributed by atoms with E-state index in [1.54, 1.807) is 25.3 Å². The second-order valence-electron chi connectivity index (χ2n) is 11.5. The Kier molecular flexibility index (Phi) is 11.0. The Bertz CT molecular complexity index is 1330. The summed E-state index contributed by atoms with van der Waals surface area (Å²) in [6, 6.07) is 15.2. The van der Waals surface area contributed by atoms with Gasteiger partial charge in [0.1, 0.15) is 17.9 Å². The van der Waals surface area contributed by atoms with Crippen molar-refractivity contribution in [2.75, 3.05) is 5.32 Å².